The number of piperidine rings is 1. The number of carbonyl (C=O) groups is 2. The first-order valence-electron chi connectivity index (χ1n) is 7.89. The summed E-state index contributed by atoms with van der Waals surface area (Å²) >= 11 is 0. The van der Waals surface area contributed by atoms with Crippen molar-refractivity contribution in [3.05, 3.63) is 0 Å². The smallest absolute Gasteiger partial charge is 0.325 e. The van der Waals surface area contributed by atoms with Gasteiger partial charge >= 0.3 is 6.03 Å². The highest BCUT2D eigenvalue weighted by Crippen LogP contribution is 2.40. The fourth-order valence-corrected chi connectivity index (χ4v) is 3.77. The van der Waals surface area contributed by atoms with Crippen LogP contribution in [0.1, 0.15) is 33.1 Å². The number of urea groups is 1. The van der Waals surface area contributed by atoms with E-state index in [0.717, 1.165) is 39.1 Å². The monoisotopic (exact) mass is 295 g/mol. The van der Waals surface area contributed by atoms with Crippen LogP contribution in [-0.4, -0.2) is 55.2 Å². The maximum atomic E-state index is 13.0. The van der Waals surface area contributed by atoms with Gasteiger partial charge in [-0.25, -0.2) is 4.79 Å². The Morgan fingerprint density at radius 3 is 2.67 bits per heavy atom. The zero-order valence-electron chi connectivity index (χ0n) is 12.9. The minimum Gasteiger partial charge on any atom is -0.381 e. The largest absolute Gasteiger partial charge is 0.381 e. The van der Waals surface area contributed by atoms with E-state index in [2.05, 4.69) is 24.5 Å². The first kappa shape index (κ1) is 14.8. The normalized spacial score (nSPS) is 33.5. The Labute approximate surface area is 125 Å². The molecule has 3 heterocycles. The van der Waals surface area contributed by atoms with Crippen molar-refractivity contribution < 1.29 is 14.3 Å². The van der Waals surface area contributed by atoms with Gasteiger partial charge in [-0.3, -0.25) is 9.69 Å². The predicted molar refractivity (Wildman–Crippen MR) is 77.8 cm³/mol. The van der Waals surface area contributed by atoms with E-state index in [9.17, 15) is 9.59 Å². The molecule has 0 aromatic heterocycles. The summed E-state index contributed by atoms with van der Waals surface area (Å²) < 4.78 is 5.35. The van der Waals surface area contributed by atoms with Gasteiger partial charge in [0.2, 0.25) is 0 Å². The molecule has 0 radical (unpaired) electrons. The summed E-state index contributed by atoms with van der Waals surface area (Å²) in [5.41, 5.74) is -1.01. The van der Waals surface area contributed by atoms with E-state index in [1.807, 2.05) is 0 Å². The number of rotatable bonds is 2. The molecule has 3 aliphatic rings. The van der Waals surface area contributed by atoms with Gasteiger partial charge in [-0.1, -0.05) is 13.8 Å². The van der Waals surface area contributed by atoms with Crippen LogP contribution >= 0.6 is 0 Å². The number of nitrogens with zero attached hydrogens (tertiary/aromatic N) is 1. The third-order valence-corrected chi connectivity index (χ3v) is 5.36. The molecule has 3 aliphatic heterocycles. The van der Waals surface area contributed by atoms with Crippen molar-refractivity contribution in [2.24, 2.45) is 11.3 Å². The molecule has 3 rings (SSSR count). The molecule has 2 N–H and O–H groups in total. The summed E-state index contributed by atoms with van der Waals surface area (Å²) in [6.07, 6.45) is 2.51. The lowest BCUT2D eigenvalue weighted by Gasteiger charge is -2.45. The Hall–Kier alpha value is -1.14. The molecular formula is C15H25N3O3. The maximum Gasteiger partial charge on any atom is 0.325 e. The Kier molecular flexibility index (Phi) is 3.69. The number of ether oxygens (including phenoxy) is 1. The van der Waals surface area contributed by atoms with Crippen LogP contribution in [0.2, 0.25) is 0 Å². The lowest BCUT2D eigenvalue weighted by molar-refractivity contribution is -0.137. The Balaban J connectivity index is 1.78. The summed E-state index contributed by atoms with van der Waals surface area (Å²) in [5.74, 6) is 0.332. The van der Waals surface area contributed by atoms with E-state index in [1.54, 1.807) is 0 Å². The van der Waals surface area contributed by atoms with Crippen LogP contribution in [-0.2, 0) is 9.53 Å². The second kappa shape index (κ2) is 5.25. The van der Waals surface area contributed by atoms with Crippen LogP contribution in [0, 0.1) is 11.3 Å². The molecule has 0 aromatic carbocycles. The second-order valence-corrected chi connectivity index (χ2v) is 7.12. The van der Waals surface area contributed by atoms with Crippen molar-refractivity contribution >= 4 is 11.9 Å². The lowest BCUT2D eigenvalue weighted by Crippen LogP contribution is -2.65. The van der Waals surface area contributed by atoms with Crippen molar-refractivity contribution in [3.63, 3.8) is 0 Å². The highest BCUT2D eigenvalue weighted by atomic mass is 16.5. The summed E-state index contributed by atoms with van der Waals surface area (Å²) in [5, 5.41) is 6.33. The molecule has 3 amide bonds. The number of amides is 3. The molecule has 3 saturated heterocycles. The molecular weight excluding hydrogens is 270 g/mol. The number of imide groups is 1. The van der Waals surface area contributed by atoms with Gasteiger partial charge < -0.3 is 15.4 Å². The minimum absolute atomic E-state index is 0.0366. The molecule has 6 nitrogen and oxygen atoms in total. The van der Waals surface area contributed by atoms with Crippen LogP contribution in [0.15, 0.2) is 0 Å². The van der Waals surface area contributed by atoms with Crippen molar-refractivity contribution in [1.82, 2.24) is 15.5 Å². The molecule has 3 fully saturated rings. The van der Waals surface area contributed by atoms with Crippen LogP contribution in [0.25, 0.3) is 0 Å². The summed E-state index contributed by atoms with van der Waals surface area (Å²) in [4.78, 5) is 26.8. The van der Waals surface area contributed by atoms with Crippen LogP contribution in [0.3, 0.4) is 0 Å². The minimum atomic E-state index is -0.736. The lowest BCUT2D eigenvalue weighted by atomic mass is 9.68. The SMILES string of the molecule is CC1(C)CNCCC12NC(=O)N(CC1CCOCC1)C2=O. The highest BCUT2D eigenvalue weighted by Gasteiger charge is 2.60. The molecule has 0 bridgehead atoms. The Morgan fingerprint density at radius 2 is 2.00 bits per heavy atom. The number of carbonyl (C=O) groups excluding carboxylic acids is 2. The first-order valence-corrected chi connectivity index (χ1v) is 7.89. The zero-order chi connectivity index (χ0) is 15.1. The molecule has 1 atom stereocenters. The van der Waals surface area contributed by atoms with Crippen LogP contribution in [0.4, 0.5) is 4.79 Å². The molecule has 1 spiro atoms. The number of nitrogens with one attached hydrogen (secondary N) is 2. The van der Waals surface area contributed by atoms with Crippen molar-refractivity contribution in [1.29, 1.82) is 0 Å². The summed E-state index contributed by atoms with van der Waals surface area (Å²) in [6, 6.07) is -0.221. The fourth-order valence-electron chi connectivity index (χ4n) is 3.77. The first-order chi connectivity index (χ1) is 9.96. The van der Waals surface area contributed by atoms with Gasteiger partial charge in [0.15, 0.2) is 0 Å². The molecule has 0 aromatic rings. The molecule has 0 saturated carbocycles. The number of hydrogen-bond donors (Lipinski definition) is 2. The van der Waals surface area contributed by atoms with Gasteiger partial charge in [-0.2, -0.15) is 0 Å². The summed E-state index contributed by atoms with van der Waals surface area (Å²) in [6.45, 7) is 7.60. The van der Waals surface area contributed by atoms with E-state index in [-0.39, 0.29) is 17.4 Å². The molecule has 0 aliphatic carbocycles. The molecule has 6 heteroatoms. The van der Waals surface area contributed by atoms with Gasteiger partial charge in [0, 0.05) is 31.7 Å². The molecule has 21 heavy (non-hydrogen) atoms. The maximum absolute atomic E-state index is 13.0. The van der Waals surface area contributed by atoms with Crippen molar-refractivity contribution in [3.8, 4) is 0 Å². The average molecular weight is 295 g/mol. The van der Waals surface area contributed by atoms with Crippen LogP contribution in [0.5, 0.6) is 0 Å². The van der Waals surface area contributed by atoms with Gasteiger partial charge in [0.05, 0.1) is 0 Å². The average Bonchev–Trinajstić information content (AvgIpc) is 2.69. The molecule has 118 valence electrons. The van der Waals surface area contributed by atoms with Crippen molar-refractivity contribution in [2.75, 3.05) is 32.8 Å². The third kappa shape index (κ3) is 2.34. The van der Waals surface area contributed by atoms with Gasteiger partial charge in [0.25, 0.3) is 5.91 Å². The Morgan fingerprint density at radius 1 is 1.29 bits per heavy atom. The summed E-state index contributed by atoms with van der Waals surface area (Å²) in [7, 11) is 0. The third-order valence-electron chi connectivity index (χ3n) is 5.36. The Bertz CT molecular complexity index is 445. The van der Waals surface area contributed by atoms with Crippen LogP contribution < -0.4 is 10.6 Å². The fraction of sp³-hybridized carbons (Fsp3) is 0.867. The zero-order valence-corrected chi connectivity index (χ0v) is 12.9. The molecule has 1 unspecified atom stereocenters. The van der Waals surface area contributed by atoms with E-state index in [1.165, 1.54) is 4.90 Å². The van der Waals surface area contributed by atoms with E-state index >= 15 is 0 Å². The quantitative estimate of drug-likeness (QED) is 0.737. The highest BCUT2D eigenvalue weighted by molar-refractivity contribution is 6.07. The topological polar surface area (TPSA) is 70.7 Å². The van der Waals surface area contributed by atoms with Gasteiger partial charge in [0.1, 0.15) is 5.54 Å². The van der Waals surface area contributed by atoms with Crippen molar-refractivity contribution in [2.45, 2.75) is 38.6 Å². The van der Waals surface area contributed by atoms with E-state index in [4.69, 9.17) is 4.74 Å². The van der Waals surface area contributed by atoms with Gasteiger partial charge in [-0.05, 0) is 31.7 Å². The predicted octanol–water partition coefficient (Wildman–Crippen LogP) is 0.723. The second-order valence-electron chi connectivity index (χ2n) is 7.12. The standard InChI is InChI=1S/C15H25N3O3/c1-14(2)10-16-6-5-15(14)12(19)18(13(20)17-15)9-11-3-7-21-8-4-11/h11,16H,3-10H2,1-2H3,(H,17,20). The number of hydrogen-bond acceptors (Lipinski definition) is 4. The van der Waals surface area contributed by atoms with E-state index in [0.29, 0.717) is 18.9 Å². The van der Waals surface area contributed by atoms with Gasteiger partial charge in [-0.15, -0.1) is 0 Å². The van der Waals surface area contributed by atoms with E-state index < -0.39 is 5.54 Å².